The van der Waals surface area contributed by atoms with E-state index < -0.39 is 0 Å². The van der Waals surface area contributed by atoms with Crippen molar-refractivity contribution in [1.82, 2.24) is 4.98 Å². The molecular formula is C11H10BrN. The van der Waals surface area contributed by atoms with Gasteiger partial charge in [-0.25, -0.2) is 0 Å². The molecule has 0 saturated carbocycles. The zero-order valence-corrected chi connectivity index (χ0v) is 9.01. The van der Waals surface area contributed by atoms with Crippen LogP contribution in [0.15, 0.2) is 30.3 Å². The van der Waals surface area contributed by atoms with Gasteiger partial charge in [-0.05, 0) is 24.6 Å². The Morgan fingerprint density at radius 1 is 1.23 bits per heavy atom. The minimum Gasteiger partial charge on any atom is -0.253 e. The van der Waals surface area contributed by atoms with Gasteiger partial charge in [-0.2, -0.15) is 0 Å². The van der Waals surface area contributed by atoms with Gasteiger partial charge in [0.15, 0.2) is 0 Å². The fourth-order valence-corrected chi connectivity index (χ4v) is 1.93. The third-order valence-corrected chi connectivity index (χ3v) is 2.71. The molecule has 0 amide bonds. The van der Waals surface area contributed by atoms with Crippen molar-refractivity contribution in [2.75, 3.05) is 0 Å². The standard InChI is InChI=1S/C11H10BrN/c1-8-5-6-10-9(7-12)3-2-4-11(10)13-8/h2-6H,7H2,1H3. The molecule has 1 heterocycles. The molecule has 1 nitrogen and oxygen atoms in total. The van der Waals surface area contributed by atoms with Gasteiger partial charge in [-0.3, -0.25) is 4.98 Å². The highest BCUT2D eigenvalue weighted by Gasteiger charge is 1.99. The molecule has 0 radical (unpaired) electrons. The lowest BCUT2D eigenvalue weighted by Crippen LogP contribution is -1.86. The van der Waals surface area contributed by atoms with Crippen LogP contribution in [0.3, 0.4) is 0 Å². The van der Waals surface area contributed by atoms with E-state index in [0.717, 1.165) is 16.5 Å². The third-order valence-electron chi connectivity index (χ3n) is 2.11. The molecule has 0 bridgehead atoms. The monoisotopic (exact) mass is 235 g/mol. The van der Waals surface area contributed by atoms with Gasteiger partial charge >= 0.3 is 0 Å². The first kappa shape index (κ1) is 8.70. The second kappa shape index (κ2) is 3.46. The number of benzene rings is 1. The number of nitrogens with zero attached hydrogens (tertiary/aromatic N) is 1. The molecule has 13 heavy (non-hydrogen) atoms. The molecule has 0 saturated heterocycles. The number of halogens is 1. The van der Waals surface area contributed by atoms with Gasteiger partial charge in [-0.15, -0.1) is 0 Å². The minimum atomic E-state index is 0.884. The van der Waals surface area contributed by atoms with Gasteiger partial charge in [0.05, 0.1) is 5.52 Å². The number of hydrogen-bond donors (Lipinski definition) is 0. The SMILES string of the molecule is Cc1ccc2c(CBr)cccc2n1. The zero-order chi connectivity index (χ0) is 9.26. The average Bonchev–Trinajstić information content (AvgIpc) is 2.16. The minimum absolute atomic E-state index is 0.884. The highest BCUT2D eigenvalue weighted by molar-refractivity contribution is 9.08. The lowest BCUT2D eigenvalue weighted by Gasteiger charge is -2.02. The van der Waals surface area contributed by atoms with Crippen LogP contribution in [0.2, 0.25) is 0 Å². The van der Waals surface area contributed by atoms with Gasteiger partial charge in [0.1, 0.15) is 0 Å². The summed E-state index contributed by atoms with van der Waals surface area (Å²) in [5.74, 6) is 0. The number of rotatable bonds is 1. The van der Waals surface area contributed by atoms with Crippen LogP contribution in [0.25, 0.3) is 10.9 Å². The second-order valence-electron chi connectivity index (χ2n) is 3.07. The highest BCUT2D eigenvalue weighted by atomic mass is 79.9. The van der Waals surface area contributed by atoms with Gasteiger partial charge in [0.2, 0.25) is 0 Å². The van der Waals surface area contributed by atoms with E-state index in [9.17, 15) is 0 Å². The van der Waals surface area contributed by atoms with Crippen molar-refractivity contribution in [2.24, 2.45) is 0 Å². The third kappa shape index (κ3) is 1.59. The fraction of sp³-hybridized carbons (Fsp3) is 0.182. The van der Waals surface area contributed by atoms with Gasteiger partial charge in [0.25, 0.3) is 0 Å². The van der Waals surface area contributed by atoms with Crippen molar-refractivity contribution in [3.05, 3.63) is 41.6 Å². The Bertz CT molecular complexity index is 437. The van der Waals surface area contributed by atoms with Crippen LogP contribution in [-0.4, -0.2) is 4.98 Å². The molecule has 0 aliphatic rings. The first-order valence-corrected chi connectivity index (χ1v) is 5.34. The Kier molecular flexibility index (Phi) is 2.32. The maximum Gasteiger partial charge on any atom is 0.0708 e. The van der Waals surface area contributed by atoms with Crippen molar-refractivity contribution in [3.8, 4) is 0 Å². The molecule has 0 aliphatic carbocycles. The Hall–Kier alpha value is -0.890. The summed E-state index contributed by atoms with van der Waals surface area (Å²) in [6.07, 6.45) is 0. The van der Waals surface area contributed by atoms with E-state index in [4.69, 9.17) is 0 Å². The number of fused-ring (bicyclic) bond motifs is 1. The van der Waals surface area contributed by atoms with Gasteiger partial charge in [0, 0.05) is 16.4 Å². The maximum absolute atomic E-state index is 4.46. The van der Waals surface area contributed by atoms with E-state index in [2.05, 4.69) is 45.2 Å². The molecule has 1 aromatic heterocycles. The topological polar surface area (TPSA) is 12.9 Å². The number of aryl methyl sites for hydroxylation is 1. The van der Waals surface area contributed by atoms with Gasteiger partial charge < -0.3 is 0 Å². The second-order valence-corrected chi connectivity index (χ2v) is 3.63. The van der Waals surface area contributed by atoms with Crippen LogP contribution in [-0.2, 0) is 5.33 Å². The number of aromatic nitrogens is 1. The summed E-state index contributed by atoms with van der Waals surface area (Å²) >= 11 is 3.47. The zero-order valence-electron chi connectivity index (χ0n) is 7.42. The van der Waals surface area contributed by atoms with E-state index in [1.807, 2.05) is 13.0 Å². The van der Waals surface area contributed by atoms with Crippen LogP contribution >= 0.6 is 15.9 Å². The normalized spacial score (nSPS) is 10.6. The Morgan fingerprint density at radius 2 is 2.08 bits per heavy atom. The van der Waals surface area contributed by atoms with Crippen molar-refractivity contribution in [2.45, 2.75) is 12.3 Å². The summed E-state index contributed by atoms with van der Waals surface area (Å²) in [4.78, 5) is 4.46. The summed E-state index contributed by atoms with van der Waals surface area (Å²) in [5, 5.41) is 2.12. The smallest absolute Gasteiger partial charge is 0.0708 e. The van der Waals surface area contributed by atoms with Crippen molar-refractivity contribution < 1.29 is 0 Å². The summed E-state index contributed by atoms with van der Waals surface area (Å²) < 4.78 is 0. The van der Waals surface area contributed by atoms with Crippen LogP contribution in [0.1, 0.15) is 11.3 Å². The summed E-state index contributed by atoms with van der Waals surface area (Å²) in [7, 11) is 0. The van der Waals surface area contributed by atoms with Crippen LogP contribution in [0.5, 0.6) is 0 Å². The fourth-order valence-electron chi connectivity index (χ4n) is 1.44. The predicted molar refractivity (Wildman–Crippen MR) is 59.1 cm³/mol. The van der Waals surface area contributed by atoms with Gasteiger partial charge in [-0.1, -0.05) is 34.1 Å². The molecule has 66 valence electrons. The first-order chi connectivity index (χ1) is 6.31. The van der Waals surface area contributed by atoms with E-state index in [1.54, 1.807) is 0 Å². The molecule has 0 unspecified atom stereocenters. The van der Waals surface area contributed by atoms with Crippen LogP contribution in [0.4, 0.5) is 0 Å². The highest BCUT2D eigenvalue weighted by Crippen LogP contribution is 2.19. The molecule has 1 aromatic carbocycles. The molecule has 2 aromatic rings. The lowest BCUT2D eigenvalue weighted by atomic mass is 10.1. The molecule has 0 fully saturated rings. The molecule has 0 spiro atoms. The summed E-state index contributed by atoms with van der Waals surface area (Å²) in [5.41, 5.74) is 3.45. The van der Waals surface area contributed by atoms with E-state index in [1.165, 1.54) is 10.9 Å². The Balaban J connectivity index is 2.77. The number of alkyl halides is 1. The van der Waals surface area contributed by atoms with Crippen molar-refractivity contribution in [3.63, 3.8) is 0 Å². The Labute approximate surface area is 85.9 Å². The van der Waals surface area contributed by atoms with E-state index >= 15 is 0 Å². The largest absolute Gasteiger partial charge is 0.253 e. The van der Waals surface area contributed by atoms with Crippen LogP contribution < -0.4 is 0 Å². The molecule has 0 N–H and O–H groups in total. The summed E-state index contributed by atoms with van der Waals surface area (Å²) in [6, 6.07) is 10.4. The molecular weight excluding hydrogens is 226 g/mol. The average molecular weight is 236 g/mol. The molecule has 2 heteroatoms. The summed E-state index contributed by atoms with van der Waals surface area (Å²) in [6.45, 7) is 2.01. The molecule has 2 rings (SSSR count). The quantitative estimate of drug-likeness (QED) is 0.691. The number of pyridine rings is 1. The predicted octanol–water partition coefficient (Wildman–Crippen LogP) is 3.44. The van der Waals surface area contributed by atoms with Crippen LogP contribution in [0, 0.1) is 6.92 Å². The first-order valence-electron chi connectivity index (χ1n) is 4.22. The lowest BCUT2D eigenvalue weighted by molar-refractivity contribution is 1.25. The molecule has 0 aliphatic heterocycles. The van der Waals surface area contributed by atoms with E-state index in [-0.39, 0.29) is 0 Å². The van der Waals surface area contributed by atoms with Crippen molar-refractivity contribution in [1.29, 1.82) is 0 Å². The van der Waals surface area contributed by atoms with E-state index in [0.29, 0.717) is 0 Å². The maximum atomic E-state index is 4.46. The Morgan fingerprint density at radius 3 is 2.85 bits per heavy atom. The molecule has 0 atom stereocenters. The number of hydrogen-bond acceptors (Lipinski definition) is 1. The van der Waals surface area contributed by atoms with Crippen molar-refractivity contribution >= 4 is 26.8 Å².